The minimum absolute atomic E-state index is 0.271. The Bertz CT molecular complexity index is 776. The molecule has 0 spiro atoms. The summed E-state index contributed by atoms with van der Waals surface area (Å²) in [7, 11) is 0. The Morgan fingerprint density at radius 2 is 2.25 bits per heavy atom. The Labute approximate surface area is 119 Å². The number of hydrogen-bond donors (Lipinski definition) is 2. The van der Waals surface area contributed by atoms with Crippen LogP contribution in [0.25, 0.3) is 11.0 Å². The molecule has 0 bridgehead atoms. The van der Waals surface area contributed by atoms with Gasteiger partial charge in [-0.2, -0.15) is 0 Å². The zero-order valence-electron chi connectivity index (χ0n) is 10.8. The highest BCUT2D eigenvalue weighted by Gasteiger charge is 2.13. The lowest BCUT2D eigenvalue weighted by molar-refractivity contribution is 0.0957. The van der Waals surface area contributed by atoms with Gasteiger partial charge >= 0.3 is 0 Å². The third-order valence-electron chi connectivity index (χ3n) is 3.12. The fraction of sp³-hybridized carbons (Fsp3) is 0.154. The summed E-state index contributed by atoms with van der Waals surface area (Å²) in [5, 5.41) is 8.27. The summed E-state index contributed by atoms with van der Waals surface area (Å²) in [6, 6.07) is 9.63. The van der Waals surface area contributed by atoms with Gasteiger partial charge in [-0.3, -0.25) is 10.2 Å². The van der Waals surface area contributed by atoms with Gasteiger partial charge in [-0.1, -0.05) is 17.3 Å². The van der Waals surface area contributed by atoms with Crippen molar-refractivity contribution in [3.05, 3.63) is 45.6 Å². The summed E-state index contributed by atoms with van der Waals surface area (Å²) >= 11 is 1.42. The van der Waals surface area contributed by atoms with E-state index in [4.69, 9.17) is 5.84 Å². The molecule has 0 atom stereocenters. The van der Waals surface area contributed by atoms with Crippen LogP contribution in [0, 0.1) is 6.92 Å². The van der Waals surface area contributed by atoms with E-state index in [2.05, 4.69) is 15.7 Å². The molecule has 102 valence electrons. The molecular weight excluding hydrogens is 274 g/mol. The maximum atomic E-state index is 11.5. The first-order chi connectivity index (χ1) is 9.69. The predicted octanol–water partition coefficient (Wildman–Crippen LogP) is 1.45. The number of hydrogen-bond acceptors (Lipinski definition) is 5. The Kier molecular flexibility index (Phi) is 3.21. The van der Waals surface area contributed by atoms with Crippen molar-refractivity contribution >= 4 is 28.3 Å². The zero-order chi connectivity index (χ0) is 14.1. The number of rotatable bonds is 3. The average Bonchev–Trinajstić information content (AvgIpc) is 3.04. The smallest absolute Gasteiger partial charge is 0.275 e. The van der Waals surface area contributed by atoms with Gasteiger partial charge in [0.1, 0.15) is 5.52 Å². The van der Waals surface area contributed by atoms with Crippen molar-refractivity contribution in [2.24, 2.45) is 5.84 Å². The summed E-state index contributed by atoms with van der Waals surface area (Å²) in [4.78, 5) is 13.2. The second kappa shape index (κ2) is 5.03. The summed E-state index contributed by atoms with van der Waals surface area (Å²) in [5.74, 6) is 4.88. The Morgan fingerprint density at radius 3 is 3.05 bits per heavy atom. The second-order valence-electron chi connectivity index (χ2n) is 4.40. The van der Waals surface area contributed by atoms with E-state index in [-0.39, 0.29) is 5.91 Å². The van der Waals surface area contributed by atoms with Crippen LogP contribution in [-0.2, 0) is 6.54 Å². The minimum atomic E-state index is -0.271. The van der Waals surface area contributed by atoms with Crippen LogP contribution in [0.4, 0.5) is 0 Å². The number of aromatic nitrogens is 3. The Balaban J connectivity index is 1.95. The summed E-state index contributed by atoms with van der Waals surface area (Å²) in [6.07, 6.45) is 0. The number of nitrogens with zero attached hydrogens (tertiary/aromatic N) is 3. The molecule has 0 aliphatic carbocycles. The van der Waals surface area contributed by atoms with E-state index in [0.717, 1.165) is 21.5 Å². The van der Waals surface area contributed by atoms with Crippen molar-refractivity contribution in [3.63, 3.8) is 0 Å². The lowest BCUT2D eigenvalue weighted by Crippen LogP contribution is -2.29. The van der Waals surface area contributed by atoms with Gasteiger partial charge in [-0.25, -0.2) is 10.5 Å². The first-order valence-corrected chi connectivity index (χ1v) is 6.89. The fourth-order valence-electron chi connectivity index (χ4n) is 2.06. The molecule has 6 nitrogen and oxygen atoms in total. The van der Waals surface area contributed by atoms with Crippen LogP contribution in [0.1, 0.15) is 20.1 Å². The molecular formula is C13H13N5OS. The van der Waals surface area contributed by atoms with E-state index in [0.29, 0.717) is 11.4 Å². The number of hydrazine groups is 1. The average molecular weight is 287 g/mol. The molecule has 0 fully saturated rings. The maximum Gasteiger partial charge on any atom is 0.275 e. The number of para-hydroxylation sites is 1. The topological polar surface area (TPSA) is 85.8 Å². The summed E-state index contributed by atoms with van der Waals surface area (Å²) in [6.45, 7) is 2.56. The van der Waals surface area contributed by atoms with E-state index in [1.807, 2.05) is 41.9 Å². The van der Waals surface area contributed by atoms with Crippen molar-refractivity contribution in [3.8, 4) is 0 Å². The van der Waals surface area contributed by atoms with Crippen LogP contribution >= 0.6 is 11.3 Å². The molecule has 1 amide bonds. The third-order valence-corrected chi connectivity index (χ3v) is 4.21. The van der Waals surface area contributed by atoms with E-state index < -0.39 is 0 Å². The second-order valence-corrected chi connectivity index (χ2v) is 5.66. The monoisotopic (exact) mass is 287 g/mol. The molecule has 0 aliphatic rings. The highest BCUT2D eigenvalue weighted by atomic mass is 32.1. The van der Waals surface area contributed by atoms with Crippen molar-refractivity contribution in [2.45, 2.75) is 13.5 Å². The highest BCUT2D eigenvalue weighted by Crippen LogP contribution is 2.23. The molecule has 0 unspecified atom stereocenters. The molecule has 2 heterocycles. The standard InChI is InChI=1S/C13H13N5OS/c1-8-9(6-12(20-8)13(19)15-14)7-18-11-5-3-2-4-10(11)16-17-18/h2-6H,7,14H2,1H3,(H,15,19). The minimum Gasteiger partial charge on any atom is -0.289 e. The largest absolute Gasteiger partial charge is 0.289 e. The van der Waals surface area contributed by atoms with Crippen LogP contribution in [0.5, 0.6) is 0 Å². The van der Waals surface area contributed by atoms with Crippen molar-refractivity contribution in [2.75, 3.05) is 0 Å². The molecule has 0 saturated carbocycles. The van der Waals surface area contributed by atoms with E-state index in [1.165, 1.54) is 11.3 Å². The number of thiophene rings is 1. The lowest BCUT2D eigenvalue weighted by atomic mass is 10.2. The van der Waals surface area contributed by atoms with Crippen molar-refractivity contribution < 1.29 is 4.79 Å². The number of nitrogen functional groups attached to an aromatic ring is 1. The molecule has 7 heteroatoms. The van der Waals surface area contributed by atoms with Gasteiger partial charge in [0.05, 0.1) is 16.9 Å². The number of carbonyl (C=O) groups excluding carboxylic acids is 1. The van der Waals surface area contributed by atoms with Gasteiger partial charge in [0, 0.05) is 4.88 Å². The van der Waals surface area contributed by atoms with Crippen LogP contribution < -0.4 is 11.3 Å². The lowest BCUT2D eigenvalue weighted by Gasteiger charge is -2.01. The van der Waals surface area contributed by atoms with Gasteiger partial charge < -0.3 is 0 Å². The van der Waals surface area contributed by atoms with Gasteiger partial charge in [-0.05, 0) is 30.7 Å². The van der Waals surface area contributed by atoms with Crippen LogP contribution in [0.2, 0.25) is 0 Å². The maximum absolute atomic E-state index is 11.5. The summed E-state index contributed by atoms with van der Waals surface area (Å²) in [5.41, 5.74) is 5.03. The molecule has 20 heavy (non-hydrogen) atoms. The zero-order valence-corrected chi connectivity index (χ0v) is 11.6. The number of benzene rings is 1. The molecule has 0 aliphatic heterocycles. The first kappa shape index (κ1) is 12.8. The van der Waals surface area contributed by atoms with E-state index in [9.17, 15) is 4.79 Å². The number of amides is 1. The van der Waals surface area contributed by atoms with Crippen molar-refractivity contribution in [1.29, 1.82) is 0 Å². The third kappa shape index (κ3) is 2.17. The normalized spacial score (nSPS) is 10.9. The Morgan fingerprint density at radius 1 is 1.45 bits per heavy atom. The van der Waals surface area contributed by atoms with Crippen LogP contribution in [-0.4, -0.2) is 20.9 Å². The van der Waals surface area contributed by atoms with E-state index in [1.54, 1.807) is 0 Å². The molecule has 0 saturated heterocycles. The fourth-order valence-corrected chi connectivity index (χ4v) is 2.99. The number of fused-ring (bicyclic) bond motifs is 1. The van der Waals surface area contributed by atoms with E-state index >= 15 is 0 Å². The SMILES string of the molecule is Cc1sc(C(=O)NN)cc1Cn1nnc2ccccc21. The number of aryl methyl sites for hydroxylation is 1. The van der Waals surface area contributed by atoms with Crippen LogP contribution in [0.15, 0.2) is 30.3 Å². The highest BCUT2D eigenvalue weighted by molar-refractivity contribution is 7.14. The predicted molar refractivity (Wildman–Crippen MR) is 77.3 cm³/mol. The van der Waals surface area contributed by atoms with Gasteiger partial charge in [0.2, 0.25) is 0 Å². The molecule has 3 aromatic rings. The van der Waals surface area contributed by atoms with Gasteiger partial charge in [0.15, 0.2) is 0 Å². The molecule has 3 N–H and O–H groups in total. The molecule has 3 rings (SSSR count). The number of carbonyl (C=O) groups is 1. The first-order valence-electron chi connectivity index (χ1n) is 6.07. The molecule has 0 radical (unpaired) electrons. The molecule has 2 aromatic heterocycles. The van der Waals surface area contributed by atoms with Crippen molar-refractivity contribution in [1.82, 2.24) is 20.4 Å². The number of nitrogens with two attached hydrogens (primary N) is 1. The number of nitrogens with one attached hydrogen (secondary N) is 1. The van der Waals surface area contributed by atoms with Gasteiger partial charge in [0.25, 0.3) is 5.91 Å². The van der Waals surface area contributed by atoms with Gasteiger partial charge in [-0.15, -0.1) is 16.4 Å². The quantitative estimate of drug-likeness (QED) is 0.434. The summed E-state index contributed by atoms with van der Waals surface area (Å²) < 4.78 is 1.83. The van der Waals surface area contributed by atoms with Crippen LogP contribution in [0.3, 0.4) is 0 Å². The molecule has 1 aromatic carbocycles. The Hall–Kier alpha value is -2.25.